The standard InChI is InChI=1S/C14H12FNO4S/c1-10-9-12(21(15,18)19)7-8-13(10)16-14(17)20-11-5-3-2-4-6-11/h2-9H,1H3,(H,16,17). The highest BCUT2D eigenvalue weighted by atomic mass is 32.3. The fourth-order valence-corrected chi connectivity index (χ4v) is 2.21. The number of halogens is 1. The Labute approximate surface area is 121 Å². The van der Waals surface area contributed by atoms with E-state index in [1.165, 1.54) is 6.07 Å². The van der Waals surface area contributed by atoms with Crippen LogP contribution in [0, 0.1) is 6.92 Å². The van der Waals surface area contributed by atoms with Crippen LogP contribution in [-0.2, 0) is 10.2 Å². The molecule has 0 aliphatic heterocycles. The van der Waals surface area contributed by atoms with E-state index in [1.807, 2.05) is 0 Å². The van der Waals surface area contributed by atoms with Crippen molar-refractivity contribution in [3.8, 4) is 5.75 Å². The van der Waals surface area contributed by atoms with Crippen molar-refractivity contribution in [1.82, 2.24) is 0 Å². The van der Waals surface area contributed by atoms with Crippen molar-refractivity contribution in [3.63, 3.8) is 0 Å². The number of anilines is 1. The molecule has 5 nitrogen and oxygen atoms in total. The van der Waals surface area contributed by atoms with Gasteiger partial charge in [-0.3, -0.25) is 5.32 Å². The average molecular weight is 309 g/mol. The number of benzene rings is 2. The van der Waals surface area contributed by atoms with Gasteiger partial charge in [0, 0.05) is 5.69 Å². The van der Waals surface area contributed by atoms with E-state index in [0.717, 1.165) is 12.1 Å². The predicted octanol–water partition coefficient (Wildman–Crippen LogP) is 3.26. The maximum absolute atomic E-state index is 12.8. The molecular formula is C14H12FNO4S. The molecular weight excluding hydrogens is 297 g/mol. The molecule has 0 aliphatic carbocycles. The highest BCUT2D eigenvalue weighted by molar-refractivity contribution is 7.86. The SMILES string of the molecule is Cc1cc(S(=O)(=O)F)ccc1NC(=O)Oc1ccccc1. The maximum atomic E-state index is 12.8. The van der Waals surface area contributed by atoms with Gasteiger partial charge in [0.15, 0.2) is 0 Å². The molecule has 0 heterocycles. The van der Waals surface area contributed by atoms with E-state index >= 15 is 0 Å². The van der Waals surface area contributed by atoms with Crippen LogP contribution >= 0.6 is 0 Å². The van der Waals surface area contributed by atoms with Gasteiger partial charge in [-0.1, -0.05) is 18.2 Å². The first kappa shape index (κ1) is 15.0. The van der Waals surface area contributed by atoms with E-state index in [-0.39, 0.29) is 0 Å². The summed E-state index contributed by atoms with van der Waals surface area (Å²) in [5.41, 5.74) is 0.738. The molecule has 0 spiro atoms. The van der Waals surface area contributed by atoms with Crippen molar-refractivity contribution < 1.29 is 21.8 Å². The number of aryl methyl sites for hydroxylation is 1. The van der Waals surface area contributed by atoms with E-state index in [1.54, 1.807) is 37.3 Å². The Morgan fingerprint density at radius 2 is 1.81 bits per heavy atom. The number of nitrogens with one attached hydrogen (secondary N) is 1. The number of rotatable bonds is 3. The summed E-state index contributed by atoms with van der Waals surface area (Å²) < 4.78 is 39.4. The predicted molar refractivity (Wildman–Crippen MR) is 75.6 cm³/mol. The lowest BCUT2D eigenvalue weighted by molar-refractivity contribution is 0.215. The third kappa shape index (κ3) is 4.03. The topological polar surface area (TPSA) is 72.5 Å². The third-order valence-electron chi connectivity index (χ3n) is 2.67. The molecule has 1 N–H and O–H groups in total. The highest BCUT2D eigenvalue weighted by Crippen LogP contribution is 2.21. The Hall–Kier alpha value is -2.41. The van der Waals surface area contributed by atoms with Gasteiger partial charge < -0.3 is 4.74 Å². The van der Waals surface area contributed by atoms with Crippen LogP contribution in [0.1, 0.15) is 5.56 Å². The summed E-state index contributed by atoms with van der Waals surface area (Å²) in [4.78, 5) is 11.2. The molecule has 0 radical (unpaired) electrons. The third-order valence-corrected chi connectivity index (χ3v) is 3.49. The van der Waals surface area contributed by atoms with E-state index in [4.69, 9.17) is 4.74 Å². The van der Waals surface area contributed by atoms with Crippen molar-refractivity contribution in [3.05, 3.63) is 54.1 Å². The van der Waals surface area contributed by atoms with Crippen LogP contribution in [-0.4, -0.2) is 14.5 Å². The van der Waals surface area contributed by atoms with Gasteiger partial charge >= 0.3 is 16.3 Å². The van der Waals surface area contributed by atoms with E-state index in [2.05, 4.69) is 5.32 Å². The lowest BCUT2D eigenvalue weighted by Gasteiger charge is -2.09. The Morgan fingerprint density at radius 1 is 1.14 bits per heavy atom. The van der Waals surface area contributed by atoms with Gasteiger partial charge in [-0.2, -0.15) is 8.42 Å². The first-order valence-corrected chi connectivity index (χ1v) is 7.34. The molecule has 7 heteroatoms. The Bertz CT molecular complexity index is 760. The number of ether oxygens (including phenoxy) is 1. The molecule has 1 amide bonds. The molecule has 0 saturated heterocycles. The summed E-state index contributed by atoms with van der Waals surface area (Å²) in [6, 6.07) is 12.0. The van der Waals surface area contributed by atoms with E-state index in [9.17, 15) is 17.1 Å². The molecule has 0 aliphatic rings. The molecule has 0 unspecified atom stereocenters. The fraction of sp³-hybridized carbons (Fsp3) is 0.0714. The zero-order valence-corrected chi connectivity index (χ0v) is 11.9. The summed E-state index contributed by atoms with van der Waals surface area (Å²) in [6.45, 7) is 1.55. The molecule has 2 aromatic rings. The van der Waals surface area contributed by atoms with E-state index < -0.39 is 21.2 Å². The molecule has 0 bridgehead atoms. The van der Waals surface area contributed by atoms with Gasteiger partial charge in [-0.25, -0.2) is 4.79 Å². The molecule has 21 heavy (non-hydrogen) atoms. The van der Waals surface area contributed by atoms with Crippen LogP contribution in [0.5, 0.6) is 5.75 Å². The van der Waals surface area contributed by atoms with Crippen LogP contribution in [0.3, 0.4) is 0 Å². The van der Waals surface area contributed by atoms with Crippen molar-refractivity contribution in [2.24, 2.45) is 0 Å². The van der Waals surface area contributed by atoms with Crippen LogP contribution < -0.4 is 10.1 Å². The van der Waals surface area contributed by atoms with Crippen LogP contribution in [0.4, 0.5) is 14.4 Å². The Kier molecular flexibility index (Phi) is 4.23. The summed E-state index contributed by atoms with van der Waals surface area (Å²) in [7, 11) is -4.76. The Balaban J connectivity index is 2.11. The summed E-state index contributed by atoms with van der Waals surface area (Å²) >= 11 is 0. The van der Waals surface area contributed by atoms with Crippen LogP contribution in [0.15, 0.2) is 53.4 Å². The van der Waals surface area contributed by atoms with Crippen molar-refractivity contribution >= 4 is 22.0 Å². The van der Waals surface area contributed by atoms with Gasteiger partial charge in [-0.05, 0) is 42.8 Å². The number of para-hydroxylation sites is 1. The lowest BCUT2D eigenvalue weighted by Crippen LogP contribution is -2.17. The quantitative estimate of drug-likeness (QED) is 0.883. The molecule has 0 saturated carbocycles. The second-order valence-electron chi connectivity index (χ2n) is 4.24. The number of carbonyl (C=O) groups excluding carboxylic acids is 1. The van der Waals surface area contributed by atoms with Crippen molar-refractivity contribution in [1.29, 1.82) is 0 Å². The molecule has 2 aromatic carbocycles. The second kappa shape index (κ2) is 5.92. The van der Waals surface area contributed by atoms with Crippen LogP contribution in [0.2, 0.25) is 0 Å². The van der Waals surface area contributed by atoms with Gasteiger partial charge in [0.1, 0.15) is 5.75 Å². The first-order valence-electron chi connectivity index (χ1n) is 5.95. The van der Waals surface area contributed by atoms with Gasteiger partial charge in [-0.15, -0.1) is 3.89 Å². The lowest BCUT2D eigenvalue weighted by atomic mass is 10.2. The summed E-state index contributed by atoms with van der Waals surface area (Å²) in [5.74, 6) is 0.371. The van der Waals surface area contributed by atoms with Crippen LogP contribution in [0.25, 0.3) is 0 Å². The average Bonchev–Trinajstić information content (AvgIpc) is 2.41. The molecule has 0 fully saturated rings. The largest absolute Gasteiger partial charge is 0.417 e. The molecule has 2 rings (SSSR count). The summed E-state index contributed by atoms with van der Waals surface area (Å²) in [5, 5.41) is 2.46. The molecule has 0 atom stereocenters. The molecule has 0 aromatic heterocycles. The minimum absolute atomic E-state index is 0.336. The smallest absolute Gasteiger partial charge is 0.410 e. The number of carbonyl (C=O) groups is 1. The summed E-state index contributed by atoms with van der Waals surface area (Å²) in [6.07, 6.45) is -0.722. The minimum Gasteiger partial charge on any atom is -0.410 e. The monoisotopic (exact) mass is 309 g/mol. The normalized spacial score (nSPS) is 11.0. The number of hydrogen-bond acceptors (Lipinski definition) is 4. The van der Waals surface area contributed by atoms with Gasteiger partial charge in [0.25, 0.3) is 0 Å². The van der Waals surface area contributed by atoms with E-state index in [0.29, 0.717) is 17.0 Å². The number of hydrogen-bond donors (Lipinski definition) is 1. The zero-order chi connectivity index (χ0) is 15.5. The minimum atomic E-state index is -4.76. The first-order chi connectivity index (χ1) is 9.86. The zero-order valence-electron chi connectivity index (χ0n) is 11.0. The number of amides is 1. The Morgan fingerprint density at radius 3 is 2.38 bits per heavy atom. The molecule has 110 valence electrons. The fourth-order valence-electron chi connectivity index (χ4n) is 1.66. The van der Waals surface area contributed by atoms with Gasteiger partial charge in [0.05, 0.1) is 4.90 Å². The second-order valence-corrected chi connectivity index (χ2v) is 5.59. The van der Waals surface area contributed by atoms with Crippen molar-refractivity contribution in [2.45, 2.75) is 11.8 Å². The van der Waals surface area contributed by atoms with Gasteiger partial charge in [0.2, 0.25) is 0 Å². The highest BCUT2D eigenvalue weighted by Gasteiger charge is 2.14. The maximum Gasteiger partial charge on any atom is 0.417 e. The van der Waals surface area contributed by atoms with Crippen molar-refractivity contribution in [2.75, 3.05) is 5.32 Å².